The number of rotatable bonds is 4. The van der Waals surface area contributed by atoms with Crippen LogP contribution in [0.4, 0.5) is 0 Å². The van der Waals surface area contributed by atoms with Crippen molar-refractivity contribution in [2.45, 2.75) is 19.4 Å². The molecule has 0 spiro atoms. The first-order valence-corrected chi connectivity index (χ1v) is 18.4. The fourth-order valence-corrected chi connectivity index (χ4v) is 8.83. The molecule has 1 aliphatic heterocycles. The number of aliphatic imine (C=N–C) groups is 2. The number of para-hydroxylation sites is 1. The Kier molecular flexibility index (Phi) is 6.62. The third-order valence-corrected chi connectivity index (χ3v) is 11.3. The SMILES string of the molecule is CCC1C(c2cccc3c2ccc2ccc4cccnc4c23)=NC(c2ccc3ccc4ccccc4c3c2)=NC1c1cccc2oc3ccccc3c12. The highest BCUT2D eigenvalue weighted by molar-refractivity contribution is 6.26. The summed E-state index contributed by atoms with van der Waals surface area (Å²) in [7, 11) is 0. The maximum atomic E-state index is 6.41. The maximum absolute atomic E-state index is 6.41. The molecule has 10 aromatic rings. The minimum atomic E-state index is -0.186. The molecule has 0 aliphatic carbocycles. The summed E-state index contributed by atoms with van der Waals surface area (Å²) in [6.07, 6.45) is 2.76. The summed E-state index contributed by atoms with van der Waals surface area (Å²) in [6.45, 7) is 2.27. The van der Waals surface area contributed by atoms with Gasteiger partial charge in [-0.25, -0.2) is 4.99 Å². The molecular formula is C49H33N3O. The van der Waals surface area contributed by atoms with Crippen LogP contribution in [-0.4, -0.2) is 16.5 Å². The first kappa shape index (κ1) is 30.0. The van der Waals surface area contributed by atoms with Gasteiger partial charge in [0.2, 0.25) is 0 Å². The van der Waals surface area contributed by atoms with Gasteiger partial charge in [-0.2, -0.15) is 0 Å². The molecule has 2 atom stereocenters. The summed E-state index contributed by atoms with van der Waals surface area (Å²) in [6, 6.07) is 53.9. The van der Waals surface area contributed by atoms with Gasteiger partial charge in [0, 0.05) is 44.8 Å². The van der Waals surface area contributed by atoms with Crippen LogP contribution in [0.2, 0.25) is 0 Å². The van der Waals surface area contributed by atoms with E-state index >= 15 is 0 Å². The van der Waals surface area contributed by atoms with Crippen LogP contribution >= 0.6 is 0 Å². The molecule has 4 heteroatoms. The zero-order valence-electron chi connectivity index (χ0n) is 29.1. The molecule has 11 rings (SSSR count). The summed E-state index contributed by atoms with van der Waals surface area (Å²) in [4.78, 5) is 16.1. The Balaban J connectivity index is 1.19. The van der Waals surface area contributed by atoms with Crippen molar-refractivity contribution in [1.29, 1.82) is 0 Å². The van der Waals surface area contributed by atoms with Gasteiger partial charge < -0.3 is 4.42 Å². The second-order valence-corrected chi connectivity index (χ2v) is 14.2. The molecule has 4 nitrogen and oxygen atoms in total. The molecule has 0 saturated heterocycles. The van der Waals surface area contributed by atoms with E-state index < -0.39 is 0 Å². The normalized spacial score (nSPS) is 16.3. The minimum absolute atomic E-state index is 0.0197. The predicted octanol–water partition coefficient (Wildman–Crippen LogP) is 12.8. The smallest absolute Gasteiger partial charge is 0.155 e. The largest absolute Gasteiger partial charge is 0.456 e. The molecule has 2 aromatic heterocycles. The van der Waals surface area contributed by atoms with E-state index in [1.807, 2.05) is 18.3 Å². The van der Waals surface area contributed by atoms with Gasteiger partial charge in [0.15, 0.2) is 5.84 Å². The van der Waals surface area contributed by atoms with E-state index in [4.69, 9.17) is 19.4 Å². The van der Waals surface area contributed by atoms with Crippen LogP contribution < -0.4 is 0 Å². The van der Waals surface area contributed by atoms with Crippen LogP contribution in [0.15, 0.2) is 172 Å². The number of amidine groups is 1. The zero-order valence-corrected chi connectivity index (χ0v) is 29.1. The van der Waals surface area contributed by atoms with Gasteiger partial charge in [-0.3, -0.25) is 9.98 Å². The van der Waals surface area contributed by atoms with Gasteiger partial charge >= 0.3 is 0 Å². The number of pyridine rings is 1. The van der Waals surface area contributed by atoms with E-state index in [1.54, 1.807) is 0 Å². The summed E-state index contributed by atoms with van der Waals surface area (Å²) < 4.78 is 6.41. The lowest BCUT2D eigenvalue weighted by Gasteiger charge is -2.31. The standard InChI is InChI=1S/C49H33N3O/c1-2-34-47(38-15-7-14-37-36(38)26-25-31-22-23-32-11-9-27-50-46(32)44(31)37)51-49(33-24-21-30-20-19-29-10-3-4-12-35(29)41(30)28-33)52-48(34)40-16-8-18-43-45(40)39-13-5-6-17-42(39)53-43/h3-28,34,48H,2H2,1H3. The third-order valence-electron chi connectivity index (χ3n) is 11.3. The molecule has 3 heterocycles. The Labute approximate surface area is 305 Å². The van der Waals surface area contributed by atoms with Crippen molar-refractivity contribution in [3.05, 3.63) is 175 Å². The van der Waals surface area contributed by atoms with Crippen molar-refractivity contribution >= 4 is 87.5 Å². The molecule has 1 aliphatic rings. The van der Waals surface area contributed by atoms with Gasteiger partial charge in [0.05, 0.1) is 17.3 Å². The van der Waals surface area contributed by atoms with Crippen molar-refractivity contribution in [1.82, 2.24) is 4.98 Å². The Morgan fingerprint density at radius 2 is 1.26 bits per heavy atom. The monoisotopic (exact) mass is 679 g/mol. The molecule has 0 fully saturated rings. The van der Waals surface area contributed by atoms with Gasteiger partial charge in [0.25, 0.3) is 0 Å². The molecule has 53 heavy (non-hydrogen) atoms. The van der Waals surface area contributed by atoms with Gasteiger partial charge in [-0.15, -0.1) is 0 Å². The van der Waals surface area contributed by atoms with Crippen molar-refractivity contribution in [2.24, 2.45) is 15.9 Å². The number of hydrogen-bond donors (Lipinski definition) is 0. The number of benzene rings is 8. The van der Waals surface area contributed by atoms with Crippen LogP contribution in [0.5, 0.6) is 0 Å². The highest BCUT2D eigenvalue weighted by atomic mass is 16.3. The van der Waals surface area contributed by atoms with Crippen LogP contribution in [0.25, 0.3) is 75.9 Å². The van der Waals surface area contributed by atoms with Gasteiger partial charge in [0.1, 0.15) is 11.2 Å². The van der Waals surface area contributed by atoms with E-state index in [0.29, 0.717) is 0 Å². The highest BCUT2D eigenvalue weighted by Gasteiger charge is 2.34. The molecule has 8 aromatic carbocycles. The molecule has 0 saturated carbocycles. The van der Waals surface area contributed by atoms with Crippen LogP contribution in [0.1, 0.15) is 36.1 Å². The van der Waals surface area contributed by atoms with Crippen LogP contribution in [0, 0.1) is 5.92 Å². The molecule has 0 N–H and O–H groups in total. The topological polar surface area (TPSA) is 50.8 Å². The summed E-state index contributed by atoms with van der Waals surface area (Å²) in [5.74, 6) is 0.769. The molecule has 2 unspecified atom stereocenters. The highest BCUT2D eigenvalue weighted by Crippen LogP contribution is 2.43. The fraction of sp³-hybridized carbons (Fsp3) is 0.0816. The lowest BCUT2D eigenvalue weighted by molar-refractivity contribution is 0.535. The number of fused-ring (bicyclic) bond motifs is 11. The fourth-order valence-electron chi connectivity index (χ4n) is 8.83. The van der Waals surface area contributed by atoms with E-state index in [2.05, 4.69) is 146 Å². The number of hydrogen-bond acceptors (Lipinski definition) is 4. The second-order valence-electron chi connectivity index (χ2n) is 14.2. The zero-order chi connectivity index (χ0) is 35.0. The van der Waals surface area contributed by atoms with Crippen molar-refractivity contribution < 1.29 is 4.42 Å². The molecule has 0 radical (unpaired) electrons. The summed E-state index contributed by atoms with van der Waals surface area (Å²) in [5.41, 5.74) is 7.16. The first-order chi connectivity index (χ1) is 26.2. The van der Waals surface area contributed by atoms with Crippen molar-refractivity contribution in [3.8, 4) is 0 Å². The summed E-state index contributed by atoms with van der Waals surface area (Å²) >= 11 is 0. The van der Waals surface area contributed by atoms with Crippen LogP contribution in [0.3, 0.4) is 0 Å². The van der Waals surface area contributed by atoms with E-state index in [0.717, 1.165) is 67.5 Å². The van der Waals surface area contributed by atoms with Crippen molar-refractivity contribution in [3.63, 3.8) is 0 Å². The number of furan rings is 1. The molecule has 250 valence electrons. The average molecular weight is 680 g/mol. The van der Waals surface area contributed by atoms with E-state index in [-0.39, 0.29) is 12.0 Å². The maximum Gasteiger partial charge on any atom is 0.155 e. The van der Waals surface area contributed by atoms with Crippen molar-refractivity contribution in [2.75, 3.05) is 0 Å². The van der Waals surface area contributed by atoms with Gasteiger partial charge in [-0.05, 0) is 74.0 Å². The predicted molar refractivity (Wildman–Crippen MR) is 222 cm³/mol. The minimum Gasteiger partial charge on any atom is -0.456 e. The second kappa shape index (κ2) is 11.7. The molecular weight excluding hydrogens is 647 g/mol. The van der Waals surface area contributed by atoms with E-state index in [9.17, 15) is 0 Å². The van der Waals surface area contributed by atoms with Crippen LogP contribution in [-0.2, 0) is 0 Å². The Morgan fingerprint density at radius 1 is 0.547 bits per heavy atom. The first-order valence-electron chi connectivity index (χ1n) is 18.4. The summed E-state index contributed by atoms with van der Waals surface area (Å²) in [5, 5.41) is 12.9. The quantitative estimate of drug-likeness (QED) is 0.174. The molecule has 0 amide bonds. The van der Waals surface area contributed by atoms with E-state index in [1.165, 1.54) is 43.1 Å². The number of nitrogens with zero attached hydrogens (tertiary/aromatic N) is 3. The Hall–Kier alpha value is -6.65. The lowest BCUT2D eigenvalue weighted by atomic mass is 9.80. The Morgan fingerprint density at radius 3 is 2.19 bits per heavy atom. The Bertz CT molecular complexity index is 3190. The average Bonchev–Trinajstić information content (AvgIpc) is 3.61. The number of aromatic nitrogens is 1. The van der Waals surface area contributed by atoms with Gasteiger partial charge in [-0.1, -0.05) is 134 Å². The third kappa shape index (κ3) is 4.58. The lowest BCUT2D eigenvalue weighted by Crippen LogP contribution is -2.28. The molecule has 0 bridgehead atoms.